The maximum atomic E-state index is 10.7. The van der Waals surface area contributed by atoms with E-state index in [0.29, 0.717) is 0 Å². The average Bonchev–Trinajstić information content (AvgIpc) is 2.32. The van der Waals surface area contributed by atoms with E-state index in [2.05, 4.69) is 20.8 Å². The summed E-state index contributed by atoms with van der Waals surface area (Å²) in [6.07, 6.45) is 6.57. The third-order valence-electron chi connectivity index (χ3n) is 4.94. The summed E-state index contributed by atoms with van der Waals surface area (Å²) in [6, 6.07) is 0. The molecule has 0 aliphatic heterocycles. The molecule has 0 bridgehead atoms. The van der Waals surface area contributed by atoms with Crippen molar-refractivity contribution in [2.24, 2.45) is 10.8 Å². The smallest absolute Gasteiger partial charge is 0.117 e. The third kappa shape index (κ3) is 2.41. The fraction of sp³-hybridized carbons (Fsp3) is 0.750. The summed E-state index contributed by atoms with van der Waals surface area (Å²) in [5.41, 5.74) is -0.375. The number of aliphatic hydroxyl groups excluding tert-OH is 1. The molecular weight excluding hydrogens is 224 g/mol. The molecule has 104 valence electrons. The van der Waals surface area contributed by atoms with Crippen LogP contribution in [0, 0.1) is 10.8 Å². The molecule has 0 heterocycles. The van der Waals surface area contributed by atoms with Gasteiger partial charge in [0.05, 0.1) is 0 Å². The quantitative estimate of drug-likeness (QED) is 0.804. The maximum Gasteiger partial charge on any atom is 0.117 e. The molecule has 0 fully saturated rings. The summed E-state index contributed by atoms with van der Waals surface area (Å²) in [6.45, 7) is 12.5. The van der Waals surface area contributed by atoms with Gasteiger partial charge in [-0.15, -0.1) is 0 Å². The normalized spacial score (nSPS) is 29.3. The summed E-state index contributed by atoms with van der Waals surface area (Å²) in [7, 11) is 0. The fourth-order valence-electron chi connectivity index (χ4n) is 2.23. The first kappa shape index (κ1) is 15.5. The molecule has 0 saturated heterocycles. The van der Waals surface area contributed by atoms with Crippen LogP contribution in [0.3, 0.4) is 0 Å². The van der Waals surface area contributed by atoms with E-state index in [9.17, 15) is 10.2 Å². The molecule has 2 atom stereocenters. The molecule has 0 aromatic carbocycles. The Morgan fingerprint density at radius 3 is 2.11 bits per heavy atom. The van der Waals surface area contributed by atoms with Crippen LogP contribution >= 0.6 is 0 Å². The highest BCUT2D eigenvalue weighted by Crippen LogP contribution is 2.43. The van der Waals surface area contributed by atoms with Gasteiger partial charge in [-0.1, -0.05) is 47.6 Å². The number of hydrogen-bond donors (Lipinski definition) is 2. The van der Waals surface area contributed by atoms with Crippen LogP contribution in [0.5, 0.6) is 0 Å². The Morgan fingerprint density at radius 2 is 1.72 bits per heavy atom. The van der Waals surface area contributed by atoms with Crippen molar-refractivity contribution in [3.05, 3.63) is 23.8 Å². The lowest BCUT2D eigenvalue weighted by Gasteiger charge is -2.45. The van der Waals surface area contributed by atoms with Gasteiger partial charge in [-0.2, -0.15) is 0 Å². The standard InChI is InChI=1S/C16H28O2/c1-7-14(3,4)12-9-10-16(18,13(17)11-12)15(5,6)8-2/h9-11,13,17-18H,7-8H2,1-6H3. The van der Waals surface area contributed by atoms with Crippen molar-refractivity contribution in [1.82, 2.24) is 0 Å². The molecule has 1 aliphatic rings. The van der Waals surface area contributed by atoms with Crippen LogP contribution in [0.4, 0.5) is 0 Å². The monoisotopic (exact) mass is 252 g/mol. The Kier molecular flexibility index (Phi) is 4.14. The van der Waals surface area contributed by atoms with Gasteiger partial charge in [0.2, 0.25) is 0 Å². The zero-order chi connectivity index (χ0) is 14.2. The average molecular weight is 252 g/mol. The van der Waals surface area contributed by atoms with E-state index < -0.39 is 11.7 Å². The van der Waals surface area contributed by atoms with Crippen LogP contribution in [0.15, 0.2) is 23.8 Å². The van der Waals surface area contributed by atoms with E-state index in [-0.39, 0.29) is 10.8 Å². The van der Waals surface area contributed by atoms with Gasteiger partial charge in [-0.25, -0.2) is 0 Å². The topological polar surface area (TPSA) is 40.5 Å². The van der Waals surface area contributed by atoms with Gasteiger partial charge >= 0.3 is 0 Å². The van der Waals surface area contributed by atoms with Crippen LogP contribution in [-0.4, -0.2) is 21.9 Å². The van der Waals surface area contributed by atoms with Crippen molar-refractivity contribution in [3.63, 3.8) is 0 Å². The van der Waals surface area contributed by atoms with Crippen molar-refractivity contribution < 1.29 is 10.2 Å². The molecule has 1 rings (SSSR count). The highest BCUT2D eigenvalue weighted by atomic mass is 16.3. The summed E-state index contributed by atoms with van der Waals surface area (Å²) < 4.78 is 0. The molecule has 0 aromatic heterocycles. The van der Waals surface area contributed by atoms with Crippen molar-refractivity contribution in [1.29, 1.82) is 0 Å². The van der Waals surface area contributed by atoms with Crippen LogP contribution in [0.2, 0.25) is 0 Å². The molecule has 2 nitrogen and oxygen atoms in total. The molecule has 1 aliphatic carbocycles. The van der Waals surface area contributed by atoms with E-state index in [1.54, 1.807) is 6.08 Å². The first-order valence-electron chi connectivity index (χ1n) is 6.92. The third-order valence-corrected chi connectivity index (χ3v) is 4.94. The lowest BCUT2D eigenvalue weighted by molar-refractivity contribution is -0.0977. The molecule has 2 heteroatoms. The summed E-state index contributed by atoms with van der Waals surface area (Å²) in [5.74, 6) is 0. The minimum absolute atomic E-state index is 0.0369. The van der Waals surface area contributed by atoms with E-state index in [4.69, 9.17) is 0 Å². The SMILES string of the molecule is CCC(C)(C)C1=CC(O)C(O)(C(C)(C)CC)C=C1. The maximum absolute atomic E-state index is 10.7. The second-order valence-corrected chi connectivity index (χ2v) is 6.70. The fourth-order valence-corrected chi connectivity index (χ4v) is 2.23. The summed E-state index contributed by atoms with van der Waals surface area (Å²) in [4.78, 5) is 0. The summed E-state index contributed by atoms with van der Waals surface area (Å²) in [5, 5.41) is 21.1. The van der Waals surface area contributed by atoms with Crippen molar-refractivity contribution in [3.8, 4) is 0 Å². The molecular formula is C16H28O2. The Morgan fingerprint density at radius 1 is 1.17 bits per heavy atom. The van der Waals surface area contributed by atoms with Crippen molar-refractivity contribution >= 4 is 0 Å². The van der Waals surface area contributed by atoms with Crippen molar-refractivity contribution in [2.45, 2.75) is 66.1 Å². The predicted molar refractivity (Wildman–Crippen MR) is 76.3 cm³/mol. The van der Waals surface area contributed by atoms with Crippen molar-refractivity contribution in [2.75, 3.05) is 0 Å². The second kappa shape index (κ2) is 4.82. The molecule has 0 aromatic rings. The largest absolute Gasteiger partial charge is 0.386 e. The molecule has 2 N–H and O–H groups in total. The van der Waals surface area contributed by atoms with Crippen LogP contribution in [-0.2, 0) is 0 Å². The van der Waals surface area contributed by atoms with E-state index in [1.807, 2.05) is 32.9 Å². The first-order valence-corrected chi connectivity index (χ1v) is 6.92. The lowest BCUT2D eigenvalue weighted by Crippen LogP contribution is -2.52. The minimum atomic E-state index is -1.17. The van der Waals surface area contributed by atoms with Gasteiger partial charge in [0, 0.05) is 0 Å². The highest BCUT2D eigenvalue weighted by Gasteiger charge is 2.47. The highest BCUT2D eigenvalue weighted by molar-refractivity contribution is 5.36. The zero-order valence-electron chi connectivity index (χ0n) is 12.6. The Balaban J connectivity index is 3.09. The Hall–Kier alpha value is -0.600. The van der Waals surface area contributed by atoms with E-state index in [0.717, 1.165) is 18.4 Å². The van der Waals surface area contributed by atoms with Gasteiger partial charge in [-0.3, -0.25) is 0 Å². The number of allylic oxidation sites excluding steroid dienone is 2. The second-order valence-electron chi connectivity index (χ2n) is 6.70. The number of aliphatic hydroxyl groups is 2. The molecule has 0 radical (unpaired) electrons. The van der Waals surface area contributed by atoms with Gasteiger partial charge in [0.25, 0.3) is 0 Å². The summed E-state index contributed by atoms with van der Waals surface area (Å²) >= 11 is 0. The molecule has 18 heavy (non-hydrogen) atoms. The van der Waals surface area contributed by atoms with Gasteiger partial charge in [0.15, 0.2) is 0 Å². The molecule has 2 unspecified atom stereocenters. The van der Waals surface area contributed by atoms with E-state index >= 15 is 0 Å². The van der Waals surface area contributed by atoms with Gasteiger partial charge in [-0.05, 0) is 41.4 Å². The predicted octanol–water partition coefficient (Wildman–Crippen LogP) is 3.45. The van der Waals surface area contributed by atoms with Gasteiger partial charge < -0.3 is 10.2 Å². The minimum Gasteiger partial charge on any atom is -0.386 e. The first-order chi connectivity index (χ1) is 8.10. The lowest BCUT2D eigenvalue weighted by atomic mass is 9.66. The van der Waals surface area contributed by atoms with Crippen LogP contribution in [0.1, 0.15) is 54.4 Å². The molecule has 0 spiro atoms. The Labute approximate surface area is 111 Å². The van der Waals surface area contributed by atoms with Crippen LogP contribution in [0.25, 0.3) is 0 Å². The van der Waals surface area contributed by atoms with E-state index in [1.165, 1.54) is 0 Å². The zero-order valence-corrected chi connectivity index (χ0v) is 12.6. The number of rotatable bonds is 4. The molecule has 0 amide bonds. The molecule has 0 saturated carbocycles. The van der Waals surface area contributed by atoms with Gasteiger partial charge in [0.1, 0.15) is 11.7 Å². The Bertz CT molecular complexity index is 363. The van der Waals surface area contributed by atoms with Crippen LogP contribution < -0.4 is 0 Å². The number of hydrogen-bond acceptors (Lipinski definition) is 2.